The molecule has 0 aliphatic carbocycles. The molecule has 0 atom stereocenters. The summed E-state index contributed by atoms with van der Waals surface area (Å²) in [6, 6.07) is 14.5. The minimum atomic E-state index is 0.143. The van der Waals surface area contributed by atoms with Crippen LogP contribution in [0.4, 0.5) is 5.69 Å². The minimum Gasteiger partial charge on any atom is -0.370 e. The molecule has 0 fully saturated rings. The molecule has 0 radical (unpaired) electrons. The molecule has 4 nitrogen and oxygen atoms in total. The number of anilines is 1. The molecular formula is C14H18N4S. The van der Waals surface area contributed by atoms with Crippen molar-refractivity contribution in [2.75, 3.05) is 18.0 Å². The Kier molecular flexibility index (Phi) is 4.80. The second-order valence-corrected chi connectivity index (χ2v) is 5.18. The first-order chi connectivity index (χ1) is 9.25. The lowest BCUT2D eigenvalue weighted by atomic mass is 10.2. The van der Waals surface area contributed by atoms with E-state index >= 15 is 0 Å². The molecule has 2 aromatic rings. The monoisotopic (exact) mass is 274 g/mol. The minimum absolute atomic E-state index is 0.143. The summed E-state index contributed by atoms with van der Waals surface area (Å²) in [7, 11) is 0. The Hall–Kier alpha value is -2.01. The maximum Gasteiger partial charge on any atom is 0.185 e. The van der Waals surface area contributed by atoms with Crippen molar-refractivity contribution >= 4 is 23.0 Å². The average Bonchev–Trinajstić information content (AvgIpc) is 2.91. The van der Waals surface area contributed by atoms with Crippen molar-refractivity contribution in [3.8, 4) is 0 Å². The number of benzene rings is 1. The quantitative estimate of drug-likeness (QED) is 0.625. The standard InChI is InChI=1S/C14H18N4S/c15-14(16)17-8-9-18(11-13-7-4-10-19-13)12-5-2-1-3-6-12/h1-7,10H,8-9,11H2,(H4,15,16,17). The van der Waals surface area contributed by atoms with Crippen LogP contribution in [0.25, 0.3) is 0 Å². The van der Waals surface area contributed by atoms with Crippen LogP contribution in [-0.4, -0.2) is 19.0 Å². The fourth-order valence-electron chi connectivity index (χ4n) is 1.83. The molecule has 2 rings (SSSR count). The van der Waals surface area contributed by atoms with Gasteiger partial charge >= 0.3 is 0 Å². The van der Waals surface area contributed by atoms with E-state index in [4.69, 9.17) is 11.5 Å². The third-order valence-electron chi connectivity index (χ3n) is 2.71. The number of nitrogens with zero attached hydrogens (tertiary/aromatic N) is 2. The third kappa shape index (κ3) is 4.30. The lowest BCUT2D eigenvalue weighted by Gasteiger charge is -2.23. The van der Waals surface area contributed by atoms with E-state index in [0.717, 1.165) is 13.1 Å². The second-order valence-electron chi connectivity index (χ2n) is 4.14. The maximum atomic E-state index is 5.36. The second kappa shape index (κ2) is 6.80. The lowest BCUT2D eigenvalue weighted by molar-refractivity contribution is 0.797. The van der Waals surface area contributed by atoms with Crippen molar-refractivity contribution in [1.82, 2.24) is 0 Å². The molecule has 0 spiro atoms. The van der Waals surface area contributed by atoms with Crippen LogP contribution in [0.2, 0.25) is 0 Å². The third-order valence-corrected chi connectivity index (χ3v) is 3.57. The van der Waals surface area contributed by atoms with Crippen LogP contribution in [0.3, 0.4) is 0 Å². The van der Waals surface area contributed by atoms with Crippen molar-refractivity contribution in [3.05, 3.63) is 52.7 Å². The van der Waals surface area contributed by atoms with Gasteiger partial charge < -0.3 is 16.4 Å². The van der Waals surface area contributed by atoms with Crippen LogP contribution in [0.15, 0.2) is 52.8 Å². The van der Waals surface area contributed by atoms with Gasteiger partial charge in [0.15, 0.2) is 5.96 Å². The predicted octanol–water partition coefficient (Wildman–Crippen LogP) is 2.03. The molecule has 0 bridgehead atoms. The Balaban J connectivity index is 2.07. The fraction of sp³-hybridized carbons (Fsp3) is 0.214. The topological polar surface area (TPSA) is 67.6 Å². The van der Waals surface area contributed by atoms with Gasteiger partial charge in [0.2, 0.25) is 0 Å². The molecule has 5 heteroatoms. The first kappa shape index (κ1) is 13.4. The van der Waals surface area contributed by atoms with Crippen molar-refractivity contribution in [1.29, 1.82) is 0 Å². The predicted molar refractivity (Wildman–Crippen MR) is 82.5 cm³/mol. The van der Waals surface area contributed by atoms with Crippen molar-refractivity contribution in [2.45, 2.75) is 6.54 Å². The average molecular weight is 274 g/mol. The Morgan fingerprint density at radius 3 is 2.53 bits per heavy atom. The number of aliphatic imine (C=N–C) groups is 1. The SMILES string of the molecule is NC(N)=NCCN(Cc1cccs1)c1ccccc1. The summed E-state index contributed by atoms with van der Waals surface area (Å²) in [5.41, 5.74) is 11.9. The number of hydrogen-bond donors (Lipinski definition) is 2. The van der Waals surface area contributed by atoms with Crippen molar-refractivity contribution in [2.24, 2.45) is 16.5 Å². The van der Waals surface area contributed by atoms with Crippen LogP contribution in [-0.2, 0) is 6.54 Å². The summed E-state index contributed by atoms with van der Waals surface area (Å²) in [5.74, 6) is 0.143. The highest BCUT2D eigenvalue weighted by atomic mass is 32.1. The first-order valence-electron chi connectivity index (χ1n) is 6.13. The molecule has 0 unspecified atom stereocenters. The van der Waals surface area contributed by atoms with E-state index in [-0.39, 0.29) is 5.96 Å². The summed E-state index contributed by atoms with van der Waals surface area (Å²) in [6.07, 6.45) is 0. The molecule has 0 amide bonds. The van der Waals surface area contributed by atoms with E-state index in [1.807, 2.05) is 18.2 Å². The van der Waals surface area contributed by atoms with Crippen molar-refractivity contribution in [3.63, 3.8) is 0 Å². The van der Waals surface area contributed by atoms with E-state index in [1.165, 1.54) is 10.6 Å². The summed E-state index contributed by atoms with van der Waals surface area (Å²) in [6.45, 7) is 2.27. The van der Waals surface area contributed by atoms with Gasteiger partial charge in [0, 0.05) is 17.1 Å². The van der Waals surface area contributed by atoms with Gasteiger partial charge in [0.25, 0.3) is 0 Å². The highest BCUT2D eigenvalue weighted by Crippen LogP contribution is 2.18. The van der Waals surface area contributed by atoms with Gasteiger partial charge in [-0.1, -0.05) is 24.3 Å². The van der Waals surface area contributed by atoms with E-state index < -0.39 is 0 Å². The van der Waals surface area contributed by atoms with E-state index in [1.54, 1.807) is 11.3 Å². The molecule has 0 aliphatic heterocycles. The molecule has 0 saturated heterocycles. The number of para-hydroxylation sites is 1. The molecule has 0 saturated carbocycles. The summed E-state index contributed by atoms with van der Waals surface area (Å²) in [4.78, 5) is 7.66. The summed E-state index contributed by atoms with van der Waals surface area (Å²) in [5, 5.41) is 2.09. The first-order valence-corrected chi connectivity index (χ1v) is 7.01. The Bertz CT molecular complexity index is 504. The van der Waals surface area contributed by atoms with Gasteiger partial charge in [-0.2, -0.15) is 0 Å². The van der Waals surface area contributed by atoms with Crippen molar-refractivity contribution < 1.29 is 0 Å². The summed E-state index contributed by atoms with van der Waals surface area (Å²) >= 11 is 1.76. The fourth-order valence-corrected chi connectivity index (χ4v) is 2.55. The van der Waals surface area contributed by atoms with E-state index in [0.29, 0.717) is 6.54 Å². The molecule has 19 heavy (non-hydrogen) atoms. The number of guanidine groups is 1. The lowest BCUT2D eigenvalue weighted by Crippen LogP contribution is -2.28. The van der Waals surface area contributed by atoms with Gasteiger partial charge in [0.1, 0.15) is 0 Å². The molecule has 100 valence electrons. The zero-order chi connectivity index (χ0) is 13.5. The molecule has 0 aliphatic rings. The van der Waals surface area contributed by atoms with Gasteiger partial charge in [-0.3, -0.25) is 4.99 Å². The van der Waals surface area contributed by atoms with Gasteiger partial charge in [0.05, 0.1) is 13.1 Å². The Morgan fingerprint density at radius 1 is 1.11 bits per heavy atom. The molecule has 1 heterocycles. The van der Waals surface area contributed by atoms with Crippen LogP contribution in [0.5, 0.6) is 0 Å². The van der Waals surface area contributed by atoms with E-state index in [9.17, 15) is 0 Å². The Morgan fingerprint density at radius 2 is 1.89 bits per heavy atom. The normalized spacial score (nSPS) is 10.1. The smallest absolute Gasteiger partial charge is 0.185 e. The zero-order valence-electron chi connectivity index (χ0n) is 10.7. The zero-order valence-corrected chi connectivity index (χ0v) is 11.5. The van der Waals surface area contributed by atoms with Crippen LogP contribution in [0.1, 0.15) is 4.88 Å². The van der Waals surface area contributed by atoms with Gasteiger partial charge in [-0.25, -0.2) is 0 Å². The maximum absolute atomic E-state index is 5.36. The largest absolute Gasteiger partial charge is 0.370 e. The highest BCUT2D eigenvalue weighted by molar-refractivity contribution is 7.09. The van der Waals surface area contributed by atoms with Crippen LogP contribution in [0, 0.1) is 0 Å². The van der Waals surface area contributed by atoms with Gasteiger partial charge in [-0.05, 0) is 23.6 Å². The number of nitrogens with two attached hydrogens (primary N) is 2. The van der Waals surface area contributed by atoms with Crippen LogP contribution >= 0.6 is 11.3 Å². The number of hydrogen-bond acceptors (Lipinski definition) is 3. The van der Waals surface area contributed by atoms with E-state index in [2.05, 4.69) is 39.5 Å². The molecule has 1 aromatic heterocycles. The number of thiophene rings is 1. The van der Waals surface area contributed by atoms with Crippen LogP contribution < -0.4 is 16.4 Å². The number of rotatable bonds is 6. The molecular weight excluding hydrogens is 256 g/mol. The molecule has 1 aromatic carbocycles. The summed E-state index contributed by atoms with van der Waals surface area (Å²) < 4.78 is 0. The highest BCUT2D eigenvalue weighted by Gasteiger charge is 2.07. The van der Waals surface area contributed by atoms with Gasteiger partial charge in [-0.15, -0.1) is 11.3 Å². The Labute approximate surface area is 117 Å². The molecule has 4 N–H and O–H groups in total.